The number of aromatic nitrogens is 1. The molecule has 3 heterocycles. The normalized spacial score (nSPS) is 19.4. The zero-order valence-electron chi connectivity index (χ0n) is 13.7. The molecule has 1 saturated heterocycles. The quantitative estimate of drug-likeness (QED) is 0.780. The van der Waals surface area contributed by atoms with Crippen molar-refractivity contribution in [3.8, 4) is 0 Å². The van der Waals surface area contributed by atoms with Gasteiger partial charge in [0.1, 0.15) is 0 Å². The second-order valence-corrected chi connectivity index (χ2v) is 6.92. The second kappa shape index (κ2) is 7.11. The maximum atomic E-state index is 12.2. The zero-order chi connectivity index (χ0) is 17.1. The Kier molecular flexibility index (Phi) is 4.52. The van der Waals surface area contributed by atoms with E-state index >= 15 is 0 Å². The molecule has 0 atom stereocenters. The molecule has 4 rings (SSSR count). The summed E-state index contributed by atoms with van der Waals surface area (Å²) in [5.74, 6) is -0.158. The summed E-state index contributed by atoms with van der Waals surface area (Å²) >= 11 is 1.46. The Labute approximate surface area is 151 Å². The number of pyridine rings is 1. The average molecular weight is 350 g/mol. The highest BCUT2D eigenvalue weighted by atomic mass is 32.2. The molecule has 0 unspecified atom stereocenters. The second-order valence-electron chi connectivity index (χ2n) is 5.91. The van der Waals surface area contributed by atoms with Crippen molar-refractivity contribution in [2.45, 2.75) is 0 Å². The van der Waals surface area contributed by atoms with Crippen molar-refractivity contribution in [3.63, 3.8) is 0 Å². The van der Waals surface area contributed by atoms with Gasteiger partial charge in [0, 0.05) is 44.3 Å². The van der Waals surface area contributed by atoms with Gasteiger partial charge in [-0.15, -0.1) is 0 Å². The monoisotopic (exact) mass is 350 g/mol. The van der Waals surface area contributed by atoms with E-state index < -0.39 is 0 Å². The summed E-state index contributed by atoms with van der Waals surface area (Å²) in [6, 6.07) is 14.2. The van der Waals surface area contributed by atoms with Gasteiger partial charge in [-0.1, -0.05) is 24.3 Å². The van der Waals surface area contributed by atoms with Crippen LogP contribution in [-0.4, -0.2) is 47.1 Å². The molecule has 2 aliphatic rings. The van der Waals surface area contributed by atoms with Gasteiger partial charge in [-0.2, -0.15) is 4.99 Å². The van der Waals surface area contributed by atoms with Gasteiger partial charge in [0.05, 0.1) is 4.91 Å². The molecule has 126 valence electrons. The number of para-hydroxylation sites is 1. The van der Waals surface area contributed by atoms with Crippen molar-refractivity contribution in [2.75, 3.05) is 31.1 Å². The fraction of sp³-hybridized carbons (Fsp3) is 0.211. The van der Waals surface area contributed by atoms with Gasteiger partial charge < -0.3 is 9.80 Å². The van der Waals surface area contributed by atoms with Crippen LogP contribution in [0.3, 0.4) is 0 Å². The van der Waals surface area contributed by atoms with Crippen LogP contribution in [0, 0.1) is 0 Å². The molecule has 2 aromatic rings. The third-order valence-electron chi connectivity index (χ3n) is 4.26. The summed E-state index contributed by atoms with van der Waals surface area (Å²) in [7, 11) is 0. The average Bonchev–Trinajstić information content (AvgIpc) is 3.04. The molecule has 0 N–H and O–H groups in total. The lowest BCUT2D eigenvalue weighted by Crippen LogP contribution is -2.47. The highest BCUT2D eigenvalue weighted by Gasteiger charge is 2.28. The third kappa shape index (κ3) is 3.58. The molecule has 25 heavy (non-hydrogen) atoms. The van der Waals surface area contributed by atoms with E-state index in [1.54, 1.807) is 12.4 Å². The Bertz CT molecular complexity index is 812. The summed E-state index contributed by atoms with van der Waals surface area (Å²) in [4.78, 5) is 25.7. The Morgan fingerprint density at radius 2 is 1.72 bits per heavy atom. The largest absolute Gasteiger partial charge is 0.368 e. The molecule has 1 fully saturated rings. The van der Waals surface area contributed by atoms with E-state index in [0.29, 0.717) is 4.91 Å². The minimum atomic E-state index is -0.158. The van der Waals surface area contributed by atoms with Crippen LogP contribution >= 0.6 is 11.8 Å². The highest BCUT2D eigenvalue weighted by Crippen LogP contribution is 2.30. The first-order valence-corrected chi connectivity index (χ1v) is 9.09. The number of amides is 1. The molecule has 1 aromatic heterocycles. The summed E-state index contributed by atoms with van der Waals surface area (Å²) < 4.78 is 0. The fourth-order valence-electron chi connectivity index (χ4n) is 2.94. The maximum Gasteiger partial charge on any atom is 0.286 e. The summed E-state index contributed by atoms with van der Waals surface area (Å²) in [5.41, 5.74) is 2.17. The first-order valence-electron chi connectivity index (χ1n) is 8.27. The number of piperazine rings is 1. The number of aliphatic imine (C=N–C) groups is 1. The molecule has 6 heteroatoms. The van der Waals surface area contributed by atoms with Gasteiger partial charge in [0.15, 0.2) is 5.17 Å². The van der Waals surface area contributed by atoms with Crippen molar-refractivity contribution in [1.29, 1.82) is 0 Å². The van der Waals surface area contributed by atoms with Crippen molar-refractivity contribution >= 4 is 34.6 Å². The van der Waals surface area contributed by atoms with Crippen molar-refractivity contribution < 1.29 is 4.79 Å². The van der Waals surface area contributed by atoms with E-state index in [1.807, 2.05) is 24.3 Å². The van der Waals surface area contributed by atoms with Crippen LogP contribution in [0.25, 0.3) is 6.08 Å². The zero-order valence-corrected chi connectivity index (χ0v) is 14.5. The fourth-order valence-corrected chi connectivity index (χ4v) is 3.91. The molecule has 1 amide bonds. The summed E-state index contributed by atoms with van der Waals surface area (Å²) in [6.45, 7) is 3.60. The van der Waals surface area contributed by atoms with E-state index in [4.69, 9.17) is 0 Å². The van der Waals surface area contributed by atoms with E-state index in [-0.39, 0.29) is 5.91 Å². The molecule has 0 saturated carbocycles. The number of thioether (sulfide) groups is 1. The number of carbonyl (C=O) groups is 1. The lowest BCUT2D eigenvalue weighted by Gasteiger charge is -2.36. The van der Waals surface area contributed by atoms with E-state index in [9.17, 15) is 4.79 Å². The van der Waals surface area contributed by atoms with Gasteiger partial charge in [-0.3, -0.25) is 9.78 Å². The van der Waals surface area contributed by atoms with Crippen LogP contribution in [0.4, 0.5) is 5.69 Å². The molecule has 0 radical (unpaired) electrons. The number of anilines is 1. The number of carbonyl (C=O) groups excluding carboxylic acids is 1. The Morgan fingerprint density at radius 1 is 0.960 bits per heavy atom. The minimum absolute atomic E-state index is 0.158. The van der Waals surface area contributed by atoms with Crippen LogP contribution in [0.15, 0.2) is 64.8 Å². The topological polar surface area (TPSA) is 48.8 Å². The Balaban J connectivity index is 1.40. The van der Waals surface area contributed by atoms with E-state index in [0.717, 1.165) is 36.9 Å². The molecule has 1 aromatic carbocycles. The molecule has 2 aliphatic heterocycles. The van der Waals surface area contributed by atoms with Crippen LogP contribution < -0.4 is 4.90 Å². The van der Waals surface area contributed by atoms with E-state index in [2.05, 4.69) is 44.0 Å². The number of rotatable bonds is 2. The first kappa shape index (κ1) is 15.9. The molecular formula is C19H18N4OS. The summed E-state index contributed by atoms with van der Waals surface area (Å²) in [6.07, 6.45) is 5.33. The molecule has 0 aliphatic carbocycles. The number of hydrogen-bond acceptors (Lipinski definition) is 5. The lowest BCUT2D eigenvalue weighted by atomic mass is 10.2. The lowest BCUT2D eigenvalue weighted by molar-refractivity contribution is -0.113. The van der Waals surface area contributed by atoms with Crippen LogP contribution in [0.2, 0.25) is 0 Å². The Hall–Kier alpha value is -2.60. The van der Waals surface area contributed by atoms with Crippen molar-refractivity contribution in [2.24, 2.45) is 4.99 Å². The van der Waals surface area contributed by atoms with Crippen LogP contribution in [0.5, 0.6) is 0 Å². The third-order valence-corrected chi connectivity index (χ3v) is 5.31. The first-order chi connectivity index (χ1) is 12.3. The maximum absolute atomic E-state index is 12.2. The van der Waals surface area contributed by atoms with Gasteiger partial charge in [0.25, 0.3) is 5.91 Å². The van der Waals surface area contributed by atoms with Crippen LogP contribution in [-0.2, 0) is 4.79 Å². The van der Waals surface area contributed by atoms with Crippen molar-refractivity contribution in [1.82, 2.24) is 9.88 Å². The highest BCUT2D eigenvalue weighted by molar-refractivity contribution is 8.18. The van der Waals surface area contributed by atoms with Gasteiger partial charge in [-0.05, 0) is 41.6 Å². The van der Waals surface area contributed by atoms with Gasteiger partial charge in [-0.25, -0.2) is 0 Å². The standard InChI is InChI=1S/C19H18N4OS/c24-18-17(13-15-5-4-8-20-14-15)25-19(21-18)23-11-9-22(10-12-23)16-6-2-1-3-7-16/h1-8,13-14H,9-12H2/b17-13+. The number of nitrogens with zero attached hydrogens (tertiary/aromatic N) is 4. The smallest absolute Gasteiger partial charge is 0.286 e. The number of hydrogen-bond donors (Lipinski definition) is 0. The number of benzene rings is 1. The van der Waals surface area contributed by atoms with Gasteiger partial charge in [0.2, 0.25) is 0 Å². The van der Waals surface area contributed by atoms with Gasteiger partial charge >= 0.3 is 0 Å². The van der Waals surface area contributed by atoms with Crippen molar-refractivity contribution in [3.05, 3.63) is 65.3 Å². The SMILES string of the molecule is O=C1N=C(N2CCN(c3ccccc3)CC2)S/C1=C/c1cccnc1. The molecular weight excluding hydrogens is 332 g/mol. The number of amidine groups is 1. The molecule has 0 spiro atoms. The minimum Gasteiger partial charge on any atom is -0.368 e. The van der Waals surface area contributed by atoms with E-state index in [1.165, 1.54) is 17.4 Å². The predicted octanol–water partition coefficient (Wildman–Crippen LogP) is 2.87. The van der Waals surface area contributed by atoms with Crippen LogP contribution in [0.1, 0.15) is 5.56 Å². The molecule has 0 bridgehead atoms. The molecule has 5 nitrogen and oxygen atoms in total. The predicted molar refractivity (Wildman–Crippen MR) is 102 cm³/mol. The summed E-state index contributed by atoms with van der Waals surface area (Å²) in [5, 5.41) is 0.813. The Morgan fingerprint density at radius 3 is 2.44 bits per heavy atom.